The van der Waals surface area contributed by atoms with Crippen LogP contribution in [-0.2, 0) is 10.0 Å². The average molecular weight is 413 g/mol. The number of nitrogens with one attached hydrogen (secondary N) is 2. The predicted octanol–water partition coefficient (Wildman–Crippen LogP) is 3.64. The van der Waals surface area contributed by atoms with Gasteiger partial charge in [0.15, 0.2) is 0 Å². The molecule has 0 atom stereocenters. The molecule has 2 N–H and O–H groups in total. The Morgan fingerprint density at radius 1 is 1.15 bits per heavy atom. The van der Waals surface area contributed by atoms with E-state index in [9.17, 15) is 12.8 Å². The van der Waals surface area contributed by atoms with Crippen LogP contribution in [0, 0.1) is 11.7 Å². The second kappa shape index (κ2) is 8.62. The lowest BCUT2D eigenvalue weighted by Crippen LogP contribution is -2.41. The van der Waals surface area contributed by atoms with E-state index >= 15 is 0 Å². The molecule has 0 saturated heterocycles. The number of hydrogen-bond acceptors (Lipinski definition) is 6. The summed E-state index contributed by atoms with van der Waals surface area (Å²) in [4.78, 5) is 0. The van der Waals surface area contributed by atoms with Crippen molar-refractivity contribution in [3.05, 3.63) is 30.1 Å². The van der Waals surface area contributed by atoms with Crippen molar-refractivity contribution < 1.29 is 12.8 Å². The molecule has 1 saturated carbocycles. The summed E-state index contributed by atoms with van der Waals surface area (Å²) in [5.41, 5.74) is 0.847. The van der Waals surface area contributed by atoms with Crippen LogP contribution >= 0.6 is 11.3 Å². The minimum atomic E-state index is -3.20. The molecule has 2 aromatic rings. The molecule has 9 heteroatoms. The maximum absolute atomic E-state index is 13.0. The van der Waals surface area contributed by atoms with Gasteiger partial charge in [0.2, 0.25) is 15.2 Å². The van der Waals surface area contributed by atoms with Gasteiger partial charge in [0.1, 0.15) is 10.8 Å². The minimum Gasteiger partial charge on any atom is -0.360 e. The van der Waals surface area contributed by atoms with Gasteiger partial charge in [-0.15, -0.1) is 10.2 Å². The molecular weight excluding hydrogens is 387 g/mol. The monoisotopic (exact) mass is 412 g/mol. The molecule has 6 nitrogen and oxygen atoms in total. The fourth-order valence-corrected chi connectivity index (χ4v) is 4.82. The van der Waals surface area contributed by atoms with Crippen molar-refractivity contribution in [3.63, 3.8) is 0 Å². The summed E-state index contributed by atoms with van der Waals surface area (Å²) in [7, 11) is -3.20. The van der Waals surface area contributed by atoms with Gasteiger partial charge in [-0.1, -0.05) is 11.3 Å². The van der Waals surface area contributed by atoms with Crippen molar-refractivity contribution in [2.24, 2.45) is 5.92 Å². The molecule has 0 spiro atoms. The third-order valence-corrected chi connectivity index (χ3v) is 7.69. The van der Waals surface area contributed by atoms with E-state index in [0.29, 0.717) is 5.92 Å². The number of nitrogens with zero attached hydrogens (tertiary/aromatic N) is 2. The first-order valence-electron chi connectivity index (χ1n) is 9.18. The van der Waals surface area contributed by atoms with E-state index in [1.807, 2.05) is 0 Å². The number of halogens is 1. The molecule has 0 radical (unpaired) electrons. The molecule has 0 unspecified atom stereocenters. The van der Waals surface area contributed by atoms with Gasteiger partial charge in [-0.2, -0.15) is 0 Å². The Bertz CT molecular complexity index is 845. The second-order valence-electron chi connectivity index (χ2n) is 7.23. The Balaban J connectivity index is 1.46. The Morgan fingerprint density at radius 2 is 1.81 bits per heavy atom. The molecule has 3 rings (SSSR count). The van der Waals surface area contributed by atoms with Crippen LogP contribution in [0.4, 0.5) is 9.52 Å². The molecule has 1 aliphatic rings. The zero-order valence-corrected chi connectivity index (χ0v) is 17.1. The lowest BCUT2D eigenvalue weighted by molar-refractivity contribution is 0.323. The molecule has 27 heavy (non-hydrogen) atoms. The summed E-state index contributed by atoms with van der Waals surface area (Å²) in [6, 6.07) is 6.25. The van der Waals surface area contributed by atoms with Gasteiger partial charge in [-0.25, -0.2) is 17.5 Å². The number of benzene rings is 1. The molecule has 1 aromatic carbocycles. The predicted molar refractivity (Wildman–Crippen MR) is 107 cm³/mol. The number of sulfonamides is 1. The summed E-state index contributed by atoms with van der Waals surface area (Å²) in [5.74, 6) is 0.218. The molecule has 1 aromatic heterocycles. The third-order valence-electron chi connectivity index (χ3n) is 4.86. The van der Waals surface area contributed by atoms with Crippen LogP contribution in [0.5, 0.6) is 0 Å². The first-order chi connectivity index (χ1) is 12.8. The van der Waals surface area contributed by atoms with Crippen LogP contribution in [0.3, 0.4) is 0 Å². The van der Waals surface area contributed by atoms with Gasteiger partial charge < -0.3 is 5.32 Å². The van der Waals surface area contributed by atoms with Gasteiger partial charge in [-0.3, -0.25) is 0 Å². The molecule has 1 aliphatic carbocycles. The van der Waals surface area contributed by atoms with Gasteiger partial charge in [0.25, 0.3) is 0 Å². The molecule has 1 fully saturated rings. The van der Waals surface area contributed by atoms with E-state index in [0.717, 1.165) is 47.9 Å². The first kappa shape index (κ1) is 20.2. The van der Waals surface area contributed by atoms with E-state index < -0.39 is 15.3 Å². The van der Waals surface area contributed by atoms with E-state index in [1.165, 1.54) is 23.5 Å². The highest BCUT2D eigenvalue weighted by Crippen LogP contribution is 2.29. The molecule has 0 bridgehead atoms. The normalized spacial score (nSPS) is 20.7. The molecule has 148 valence electrons. The third kappa shape index (κ3) is 5.46. The SMILES string of the molecule is CC(C)S(=O)(=O)N[C@H]1CC[C@H](CNc2nnc(-c3ccc(F)cc3)s2)CC1. The second-order valence-corrected chi connectivity index (χ2v) is 10.5. The lowest BCUT2D eigenvalue weighted by Gasteiger charge is -2.29. The number of hydrogen-bond donors (Lipinski definition) is 2. The van der Waals surface area contributed by atoms with E-state index in [1.54, 1.807) is 26.0 Å². The maximum atomic E-state index is 13.0. The summed E-state index contributed by atoms with van der Waals surface area (Å²) in [6.45, 7) is 4.18. The first-order valence-corrected chi connectivity index (χ1v) is 11.5. The number of rotatable bonds is 7. The van der Waals surface area contributed by atoms with Crippen molar-refractivity contribution in [3.8, 4) is 10.6 Å². The lowest BCUT2D eigenvalue weighted by atomic mass is 9.86. The highest BCUT2D eigenvalue weighted by Gasteiger charge is 2.26. The van der Waals surface area contributed by atoms with Crippen LogP contribution in [-0.4, -0.2) is 36.5 Å². The van der Waals surface area contributed by atoms with Crippen molar-refractivity contribution in [1.29, 1.82) is 0 Å². The largest absolute Gasteiger partial charge is 0.360 e. The van der Waals surface area contributed by atoms with Crippen molar-refractivity contribution in [2.75, 3.05) is 11.9 Å². The molecule has 1 heterocycles. The van der Waals surface area contributed by atoms with Crippen LogP contribution < -0.4 is 10.0 Å². The van der Waals surface area contributed by atoms with Crippen LogP contribution in [0.2, 0.25) is 0 Å². The summed E-state index contributed by atoms with van der Waals surface area (Å²) in [5, 5.41) is 12.7. The zero-order valence-electron chi connectivity index (χ0n) is 15.5. The van der Waals surface area contributed by atoms with Gasteiger partial charge in [0, 0.05) is 18.2 Å². The minimum absolute atomic E-state index is 0.0419. The van der Waals surface area contributed by atoms with Crippen LogP contribution in [0.15, 0.2) is 24.3 Å². The molecule has 0 aliphatic heterocycles. The van der Waals surface area contributed by atoms with Crippen molar-refractivity contribution in [1.82, 2.24) is 14.9 Å². The summed E-state index contributed by atoms with van der Waals surface area (Å²) >= 11 is 1.44. The van der Waals surface area contributed by atoms with Crippen molar-refractivity contribution in [2.45, 2.75) is 50.8 Å². The van der Waals surface area contributed by atoms with E-state index in [2.05, 4.69) is 20.2 Å². The smallest absolute Gasteiger partial charge is 0.214 e. The highest BCUT2D eigenvalue weighted by atomic mass is 32.2. The Hall–Kier alpha value is -1.58. The number of anilines is 1. The zero-order chi connectivity index (χ0) is 19.4. The van der Waals surface area contributed by atoms with Crippen molar-refractivity contribution >= 4 is 26.5 Å². The standard InChI is InChI=1S/C18H25FN4O2S2/c1-12(2)27(24,25)23-16-9-3-13(4-10-16)11-20-18-22-21-17(26-18)14-5-7-15(19)8-6-14/h5-8,12-13,16,23H,3-4,9-11H2,1-2H3,(H,20,22)/t13-,16-. The Kier molecular flexibility index (Phi) is 6.44. The Labute approximate surface area is 163 Å². The summed E-state index contributed by atoms with van der Waals surface area (Å²) < 4.78 is 39.8. The van der Waals surface area contributed by atoms with Gasteiger partial charge >= 0.3 is 0 Å². The average Bonchev–Trinajstić information content (AvgIpc) is 3.10. The van der Waals surface area contributed by atoms with E-state index in [4.69, 9.17) is 0 Å². The highest BCUT2D eigenvalue weighted by molar-refractivity contribution is 7.90. The topological polar surface area (TPSA) is 84.0 Å². The molecule has 0 amide bonds. The quantitative estimate of drug-likeness (QED) is 0.725. The fraction of sp³-hybridized carbons (Fsp3) is 0.556. The maximum Gasteiger partial charge on any atom is 0.214 e. The Morgan fingerprint density at radius 3 is 2.44 bits per heavy atom. The number of aromatic nitrogens is 2. The van der Waals surface area contributed by atoms with Gasteiger partial charge in [-0.05, 0) is 69.7 Å². The fourth-order valence-electron chi connectivity index (χ4n) is 3.09. The van der Waals surface area contributed by atoms with Crippen LogP contribution in [0.25, 0.3) is 10.6 Å². The molecular formula is C18H25FN4O2S2. The van der Waals surface area contributed by atoms with E-state index in [-0.39, 0.29) is 11.9 Å². The summed E-state index contributed by atoms with van der Waals surface area (Å²) in [6.07, 6.45) is 3.66. The van der Waals surface area contributed by atoms with Crippen LogP contribution in [0.1, 0.15) is 39.5 Å². The van der Waals surface area contributed by atoms with Gasteiger partial charge in [0.05, 0.1) is 5.25 Å².